The lowest BCUT2D eigenvalue weighted by Crippen LogP contribution is -2.24. The number of para-hydroxylation sites is 3. The summed E-state index contributed by atoms with van der Waals surface area (Å²) in [5, 5.41) is 13.7. The molecule has 0 radical (unpaired) electrons. The number of rotatable bonds is 7. The van der Waals surface area contributed by atoms with Crippen LogP contribution in [0.4, 0.5) is 0 Å². The van der Waals surface area contributed by atoms with Crippen LogP contribution in [0.15, 0.2) is 47.6 Å². The highest BCUT2D eigenvalue weighted by atomic mass is 16.5. The van der Waals surface area contributed by atoms with Crippen molar-refractivity contribution in [2.75, 3.05) is 20.8 Å². The maximum atomic E-state index is 11.7. The first-order valence-electron chi connectivity index (χ1n) is 7.09. The second-order valence-electron chi connectivity index (χ2n) is 4.63. The first-order chi connectivity index (χ1) is 11.7. The minimum atomic E-state index is -0.445. The molecule has 0 fully saturated rings. The van der Waals surface area contributed by atoms with Crippen molar-refractivity contribution in [3.8, 4) is 23.0 Å². The van der Waals surface area contributed by atoms with Gasteiger partial charge in [0.25, 0.3) is 5.91 Å². The molecule has 0 aliphatic rings. The van der Waals surface area contributed by atoms with Crippen molar-refractivity contribution in [1.29, 1.82) is 0 Å². The molecule has 0 spiro atoms. The molecular weight excluding hydrogens is 312 g/mol. The van der Waals surface area contributed by atoms with E-state index in [0.717, 1.165) is 0 Å². The second kappa shape index (κ2) is 8.42. The third-order valence-electron chi connectivity index (χ3n) is 3.07. The van der Waals surface area contributed by atoms with E-state index in [1.807, 2.05) is 0 Å². The number of carbonyl (C=O) groups is 1. The van der Waals surface area contributed by atoms with Gasteiger partial charge in [-0.3, -0.25) is 4.79 Å². The largest absolute Gasteiger partial charge is 0.504 e. The maximum absolute atomic E-state index is 11.7. The molecule has 2 N–H and O–H groups in total. The monoisotopic (exact) mass is 330 g/mol. The topological polar surface area (TPSA) is 89.4 Å². The fourth-order valence-electron chi connectivity index (χ4n) is 1.90. The van der Waals surface area contributed by atoms with Crippen LogP contribution in [0.25, 0.3) is 0 Å². The molecule has 1 amide bonds. The van der Waals surface area contributed by atoms with Gasteiger partial charge >= 0.3 is 0 Å². The van der Waals surface area contributed by atoms with E-state index in [-0.39, 0.29) is 12.4 Å². The van der Waals surface area contributed by atoms with Crippen molar-refractivity contribution >= 4 is 12.1 Å². The van der Waals surface area contributed by atoms with E-state index in [1.165, 1.54) is 20.4 Å². The van der Waals surface area contributed by atoms with Gasteiger partial charge in [0.2, 0.25) is 0 Å². The Morgan fingerprint density at radius 3 is 2.46 bits per heavy atom. The Labute approximate surface area is 139 Å². The fraction of sp³-hybridized carbons (Fsp3) is 0.176. The molecule has 2 aromatic carbocycles. The van der Waals surface area contributed by atoms with E-state index in [1.54, 1.807) is 42.5 Å². The smallest absolute Gasteiger partial charge is 0.277 e. The summed E-state index contributed by atoms with van der Waals surface area (Å²) in [4.78, 5) is 11.7. The summed E-state index contributed by atoms with van der Waals surface area (Å²) in [6, 6.07) is 12.0. The van der Waals surface area contributed by atoms with Crippen LogP contribution in [0, 0.1) is 0 Å². The molecule has 0 atom stereocenters. The van der Waals surface area contributed by atoms with Gasteiger partial charge in [-0.05, 0) is 24.3 Å². The fourth-order valence-corrected chi connectivity index (χ4v) is 1.90. The molecule has 2 aromatic rings. The van der Waals surface area contributed by atoms with Crippen LogP contribution in [-0.4, -0.2) is 38.1 Å². The third kappa shape index (κ3) is 4.39. The number of aromatic hydroxyl groups is 1. The molecule has 0 aliphatic heterocycles. The average molecular weight is 330 g/mol. The third-order valence-corrected chi connectivity index (χ3v) is 3.07. The van der Waals surface area contributed by atoms with Crippen LogP contribution in [0.5, 0.6) is 23.0 Å². The number of hydrogen-bond acceptors (Lipinski definition) is 6. The number of carbonyl (C=O) groups excluding carboxylic acids is 1. The van der Waals surface area contributed by atoms with Crippen molar-refractivity contribution in [2.24, 2.45) is 5.10 Å². The number of phenolic OH excluding ortho intramolecular Hbond substituents is 1. The van der Waals surface area contributed by atoms with Gasteiger partial charge in [-0.15, -0.1) is 0 Å². The predicted octanol–water partition coefficient (Wildman–Crippen LogP) is 1.94. The van der Waals surface area contributed by atoms with Gasteiger partial charge in [0.15, 0.2) is 29.6 Å². The number of phenols is 1. The number of amides is 1. The number of methoxy groups -OCH3 is 2. The molecule has 24 heavy (non-hydrogen) atoms. The number of nitrogens with zero attached hydrogens (tertiary/aromatic N) is 1. The van der Waals surface area contributed by atoms with Gasteiger partial charge in [-0.25, -0.2) is 5.43 Å². The zero-order valence-corrected chi connectivity index (χ0v) is 13.4. The van der Waals surface area contributed by atoms with Crippen molar-refractivity contribution in [3.63, 3.8) is 0 Å². The summed E-state index contributed by atoms with van der Waals surface area (Å²) in [7, 11) is 2.97. The number of hydrazone groups is 1. The Hall–Kier alpha value is -3.22. The molecule has 0 saturated heterocycles. The van der Waals surface area contributed by atoms with E-state index >= 15 is 0 Å². The Kier molecular flexibility index (Phi) is 6.01. The predicted molar refractivity (Wildman–Crippen MR) is 88.9 cm³/mol. The molecule has 0 aromatic heterocycles. The van der Waals surface area contributed by atoms with Crippen molar-refractivity contribution in [2.45, 2.75) is 0 Å². The molecule has 0 saturated carbocycles. The summed E-state index contributed by atoms with van der Waals surface area (Å²) in [6.07, 6.45) is 1.32. The van der Waals surface area contributed by atoms with E-state index in [4.69, 9.17) is 14.2 Å². The normalized spacial score (nSPS) is 10.4. The summed E-state index contributed by atoms with van der Waals surface area (Å²) >= 11 is 0. The second-order valence-corrected chi connectivity index (χ2v) is 4.63. The lowest BCUT2D eigenvalue weighted by molar-refractivity contribution is -0.123. The van der Waals surface area contributed by atoms with E-state index in [2.05, 4.69) is 10.5 Å². The minimum absolute atomic E-state index is 0.0525. The molecule has 0 aliphatic carbocycles. The Morgan fingerprint density at radius 2 is 1.75 bits per heavy atom. The maximum Gasteiger partial charge on any atom is 0.277 e. The molecule has 7 nitrogen and oxygen atoms in total. The van der Waals surface area contributed by atoms with Gasteiger partial charge in [0, 0.05) is 5.56 Å². The zero-order valence-electron chi connectivity index (χ0n) is 13.4. The molecule has 0 heterocycles. The van der Waals surface area contributed by atoms with E-state index in [9.17, 15) is 9.90 Å². The Balaban J connectivity index is 1.89. The summed E-state index contributed by atoms with van der Waals surface area (Å²) in [5.41, 5.74) is 2.73. The number of nitrogens with one attached hydrogen (secondary N) is 1. The van der Waals surface area contributed by atoms with Crippen molar-refractivity contribution < 1.29 is 24.1 Å². The van der Waals surface area contributed by atoms with Crippen LogP contribution in [0.2, 0.25) is 0 Å². The highest BCUT2D eigenvalue weighted by molar-refractivity contribution is 5.86. The molecule has 0 bridgehead atoms. The van der Waals surface area contributed by atoms with Crippen LogP contribution >= 0.6 is 0 Å². The van der Waals surface area contributed by atoms with Crippen LogP contribution in [-0.2, 0) is 4.79 Å². The first kappa shape index (κ1) is 17.1. The molecule has 0 unspecified atom stereocenters. The quantitative estimate of drug-likeness (QED) is 0.598. The van der Waals surface area contributed by atoms with Crippen LogP contribution in [0.1, 0.15) is 5.56 Å². The van der Waals surface area contributed by atoms with Crippen LogP contribution in [0.3, 0.4) is 0 Å². The van der Waals surface area contributed by atoms with Crippen molar-refractivity contribution in [3.05, 3.63) is 48.0 Å². The lowest BCUT2D eigenvalue weighted by Gasteiger charge is -2.09. The van der Waals surface area contributed by atoms with Gasteiger partial charge in [-0.2, -0.15) is 5.10 Å². The summed E-state index contributed by atoms with van der Waals surface area (Å²) in [6.45, 7) is -0.220. The van der Waals surface area contributed by atoms with Gasteiger partial charge in [0.05, 0.1) is 20.4 Å². The summed E-state index contributed by atoms with van der Waals surface area (Å²) in [5.74, 6) is 0.826. The molecular formula is C17H18N2O5. The average Bonchev–Trinajstić information content (AvgIpc) is 2.61. The number of ether oxygens (including phenoxy) is 3. The number of benzene rings is 2. The summed E-state index contributed by atoms with van der Waals surface area (Å²) < 4.78 is 15.5. The van der Waals surface area contributed by atoms with Crippen LogP contribution < -0.4 is 19.6 Å². The molecule has 126 valence electrons. The highest BCUT2D eigenvalue weighted by Crippen LogP contribution is 2.28. The van der Waals surface area contributed by atoms with Gasteiger partial charge < -0.3 is 19.3 Å². The Morgan fingerprint density at radius 1 is 1.08 bits per heavy atom. The highest BCUT2D eigenvalue weighted by Gasteiger charge is 2.07. The minimum Gasteiger partial charge on any atom is -0.504 e. The number of hydrogen-bond donors (Lipinski definition) is 2. The van der Waals surface area contributed by atoms with E-state index in [0.29, 0.717) is 22.8 Å². The Bertz CT molecular complexity index is 731. The van der Waals surface area contributed by atoms with Crippen molar-refractivity contribution in [1.82, 2.24) is 5.43 Å². The first-order valence-corrected chi connectivity index (χ1v) is 7.09. The van der Waals surface area contributed by atoms with Gasteiger partial charge in [-0.1, -0.05) is 18.2 Å². The van der Waals surface area contributed by atoms with Gasteiger partial charge in [0.1, 0.15) is 0 Å². The lowest BCUT2D eigenvalue weighted by atomic mass is 10.2. The van der Waals surface area contributed by atoms with E-state index < -0.39 is 5.91 Å². The standard InChI is InChI=1S/C17H18N2O5/c1-22-13-7-3-4-8-14(13)24-11-16(20)19-18-10-12-6-5-9-15(23-2)17(12)21/h3-10,21H,11H2,1-2H3,(H,19,20). The SMILES string of the molecule is COc1ccccc1OCC(=O)NN=Cc1cccc(OC)c1O. The molecule has 7 heteroatoms. The zero-order chi connectivity index (χ0) is 17.4. The molecule has 2 rings (SSSR count).